The summed E-state index contributed by atoms with van der Waals surface area (Å²) in [6, 6.07) is 14.7. The first kappa shape index (κ1) is 16.1. The van der Waals surface area contributed by atoms with Gasteiger partial charge in [-0.1, -0.05) is 35.9 Å². The predicted molar refractivity (Wildman–Crippen MR) is 92.0 cm³/mol. The van der Waals surface area contributed by atoms with Crippen LogP contribution in [-0.4, -0.2) is 25.0 Å². The zero-order valence-electron chi connectivity index (χ0n) is 13.8. The van der Waals surface area contributed by atoms with Gasteiger partial charge in [-0.25, -0.2) is 0 Å². The van der Waals surface area contributed by atoms with E-state index in [0.29, 0.717) is 13.2 Å². The Morgan fingerprint density at radius 2 is 1.96 bits per heavy atom. The van der Waals surface area contributed by atoms with Gasteiger partial charge in [0, 0.05) is 18.2 Å². The maximum atomic E-state index is 12.7. The monoisotopic (exact) mass is 324 g/mol. The van der Waals surface area contributed by atoms with Gasteiger partial charge in [-0.15, -0.1) is 0 Å². The van der Waals surface area contributed by atoms with Crippen LogP contribution in [0.4, 0.5) is 5.69 Å². The molecule has 2 amide bonds. The predicted octanol–water partition coefficient (Wildman–Crippen LogP) is 2.60. The number of benzene rings is 2. The maximum Gasteiger partial charge on any atom is 0.254 e. The Bertz CT molecular complexity index is 758. The second kappa shape index (κ2) is 6.74. The van der Waals surface area contributed by atoms with Crippen LogP contribution >= 0.6 is 0 Å². The molecule has 1 aliphatic rings. The van der Waals surface area contributed by atoms with Crippen LogP contribution in [0.3, 0.4) is 0 Å². The number of carbonyl (C=O) groups excluding carboxylic acids is 2. The van der Waals surface area contributed by atoms with Gasteiger partial charge in [0.25, 0.3) is 5.91 Å². The van der Waals surface area contributed by atoms with Crippen LogP contribution in [-0.2, 0) is 9.59 Å². The molecule has 5 heteroatoms. The third-order valence-corrected chi connectivity index (χ3v) is 3.97. The minimum atomic E-state index is -0.617. The number of hydrogen-bond acceptors (Lipinski definition) is 3. The first-order valence-electron chi connectivity index (χ1n) is 7.93. The summed E-state index contributed by atoms with van der Waals surface area (Å²) >= 11 is 0. The van der Waals surface area contributed by atoms with E-state index in [9.17, 15) is 9.59 Å². The normalized spacial score (nSPS) is 16.0. The molecular formula is C19H20N2O3. The molecule has 2 aromatic rings. The summed E-state index contributed by atoms with van der Waals surface area (Å²) in [5, 5.41) is 2.74. The Hall–Kier alpha value is -2.82. The van der Waals surface area contributed by atoms with Crippen molar-refractivity contribution in [2.24, 2.45) is 0 Å². The van der Waals surface area contributed by atoms with E-state index >= 15 is 0 Å². The molecule has 1 atom stereocenters. The first-order chi connectivity index (χ1) is 11.6. The van der Waals surface area contributed by atoms with Gasteiger partial charge in [0.2, 0.25) is 5.91 Å². The number of nitrogens with one attached hydrogen (secondary N) is 1. The average molecular weight is 324 g/mol. The average Bonchev–Trinajstić information content (AvgIpc) is 2.80. The Labute approximate surface area is 141 Å². The van der Waals surface area contributed by atoms with Crippen molar-refractivity contribution in [1.29, 1.82) is 0 Å². The Morgan fingerprint density at radius 1 is 1.21 bits per heavy atom. The van der Waals surface area contributed by atoms with Crippen molar-refractivity contribution in [3.8, 4) is 5.75 Å². The summed E-state index contributed by atoms with van der Waals surface area (Å²) in [4.78, 5) is 25.8. The van der Waals surface area contributed by atoms with E-state index in [2.05, 4.69) is 5.32 Å². The van der Waals surface area contributed by atoms with Crippen LogP contribution in [0.2, 0.25) is 0 Å². The fraction of sp³-hybridized carbons (Fsp3) is 0.263. The molecule has 1 heterocycles. The highest BCUT2D eigenvalue weighted by Gasteiger charge is 2.37. The van der Waals surface area contributed by atoms with Crippen molar-refractivity contribution < 1.29 is 14.3 Å². The van der Waals surface area contributed by atoms with Crippen LogP contribution in [0.15, 0.2) is 48.5 Å². The molecule has 5 nitrogen and oxygen atoms in total. The van der Waals surface area contributed by atoms with Gasteiger partial charge in [0.1, 0.15) is 18.4 Å². The number of anilines is 1. The highest BCUT2D eigenvalue weighted by molar-refractivity contribution is 6.06. The van der Waals surface area contributed by atoms with Gasteiger partial charge in [0.05, 0.1) is 6.54 Å². The number of para-hydroxylation sites is 1. The Kier molecular flexibility index (Phi) is 4.51. The zero-order valence-corrected chi connectivity index (χ0v) is 13.8. The van der Waals surface area contributed by atoms with E-state index in [1.165, 1.54) is 6.92 Å². The first-order valence-corrected chi connectivity index (χ1v) is 7.93. The Balaban J connectivity index is 1.76. The van der Waals surface area contributed by atoms with Crippen molar-refractivity contribution in [1.82, 2.24) is 5.32 Å². The lowest BCUT2D eigenvalue weighted by Gasteiger charge is -2.18. The molecule has 0 saturated carbocycles. The van der Waals surface area contributed by atoms with Gasteiger partial charge < -0.3 is 15.0 Å². The largest absolute Gasteiger partial charge is 0.492 e. The van der Waals surface area contributed by atoms with E-state index in [1.807, 2.05) is 55.5 Å². The number of carbonyl (C=O) groups is 2. The molecule has 0 aliphatic carbocycles. The highest BCUT2D eigenvalue weighted by Crippen LogP contribution is 2.36. The minimum absolute atomic E-state index is 0.123. The lowest BCUT2D eigenvalue weighted by atomic mass is 10.1. The molecule has 1 unspecified atom stereocenters. The van der Waals surface area contributed by atoms with Gasteiger partial charge >= 0.3 is 0 Å². The standard InChI is InChI=1S/C19H20N2O3/c1-13-8-9-17-16(12-13)18(20-14(2)22)19(23)21(17)10-11-24-15-6-4-3-5-7-15/h3-9,12,18H,10-11H2,1-2H3,(H,20,22). The van der Waals surface area contributed by atoms with Crippen molar-refractivity contribution in [2.45, 2.75) is 19.9 Å². The molecule has 3 rings (SSSR count). The molecule has 24 heavy (non-hydrogen) atoms. The summed E-state index contributed by atoms with van der Waals surface area (Å²) in [7, 11) is 0. The molecule has 124 valence electrons. The van der Waals surface area contributed by atoms with Gasteiger partial charge in [-0.2, -0.15) is 0 Å². The van der Waals surface area contributed by atoms with Crippen LogP contribution in [0.25, 0.3) is 0 Å². The zero-order chi connectivity index (χ0) is 17.1. The fourth-order valence-corrected chi connectivity index (χ4v) is 2.90. The van der Waals surface area contributed by atoms with Crippen molar-refractivity contribution in [2.75, 3.05) is 18.1 Å². The van der Waals surface area contributed by atoms with E-state index < -0.39 is 6.04 Å². The van der Waals surface area contributed by atoms with Crippen LogP contribution in [0.5, 0.6) is 5.75 Å². The Morgan fingerprint density at radius 3 is 2.67 bits per heavy atom. The molecule has 2 aromatic carbocycles. The van der Waals surface area contributed by atoms with E-state index in [1.54, 1.807) is 4.90 Å². The molecule has 0 fully saturated rings. The smallest absolute Gasteiger partial charge is 0.254 e. The second-order valence-electron chi connectivity index (χ2n) is 5.85. The quantitative estimate of drug-likeness (QED) is 0.920. The lowest BCUT2D eigenvalue weighted by molar-refractivity contribution is -0.126. The van der Waals surface area contributed by atoms with E-state index in [0.717, 1.165) is 22.6 Å². The molecule has 0 bridgehead atoms. The molecule has 1 aliphatic heterocycles. The number of fused-ring (bicyclic) bond motifs is 1. The van der Waals surface area contributed by atoms with E-state index in [-0.39, 0.29) is 11.8 Å². The van der Waals surface area contributed by atoms with Gasteiger partial charge in [0.15, 0.2) is 0 Å². The summed E-state index contributed by atoms with van der Waals surface area (Å²) in [6.07, 6.45) is 0. The van der Waals surface area contributed by atoms with Gasteiger partial charge in [-0.3, -0.25) is 9.59 Å². The fourth-order valence-electron chi connectivity index (χ4n) is 2.90. The second-order valence-corrected chi connectivity index (χ2v) is 5.85. The van der Waals surface area contributed by atoms with Crippen LogP contribution < -0.4 is 15.0 Å². The number of aryl methyl sites for hydroxylation is 1. The maximum absolute atomic E-state index is 12.7. The van der Waals surface area contributed by atoms with Crippen molar-refractivity contribution in [3.05, 3.63) is 59.7 Å². The van der Waals surface area contributed by atoms with Crippen molar-refractivity contribution >= 4 is 17.5 Å². The molecule has 0 radical (unpaired) electrons. The molecular weight excluding hydrogens is 304 g/mol. The van der Waals surface area contributed by atoms with Crippen LogP contribution in [0.1, 0.15) is 24.1 Å². The molecule has 0 saturated heterocycles. The topological polar surface area (TPSA) is 58.6 Å². The SMILES string of the molecule is CC(=O)NC1C(=O)N(CCOc2ccccc2)c2ccc(C)cc21. The molecule has 0 spiro atoms. The number of hydrogen-bond donors (Lipinski definition) is 1. The summed E-state index contributed by atoms with van der Waals surface area (Å²) in [6.45, 7) is 4.20. The number of amides is 2. The summed E-state index contributed by atoms with van der Waals surface area (Å²) in [5.41, 5.74) is 2.73. The molecule has 0 aromatic heterocycles. The lowest BCUT2D eigenvalue weighted by Crippen LogP contribution is -2.38. The van der Waals surface area contributed by atoms with Gasteiger partial charge in [-0.05, 0) is 25.1 Å². The molecule has 1 N–H and O–H groups in total. The minimum Gasteiger partial charge on any atom is -0.492 e. The van der Waals surface area contributed by atoms with Crippen LogP contribution in [0, 0.1) is 6.92 Å². The third-order valence-electron chi connectivity index (χ3n) is 3.97. The summed E-state index contributed by atoms with van der Waals surface area (Å²) in [5.74, 6) is 0.428. The van der Waals surface area contributed by atoms with Crippen molar-refractivity contribution in [3.63, 3.8) is 0 Å². The highest BCUT2D eigenvalue weighted by atomic mass is 16.5. The number of nitrogens with zero attached hydrogens (tertiary/aromatic N) is 1. The number of rotatable bonds is 5. The van der Waals surface area contributed by atoms with E-state index in [4.69, 9.17) is 4.74 Å². The number of ether oxygens (including phenoxy) is 1. The third kappa shape index (κ3) is 3.25. The summed E-state index contributed by atoms with van der Waals surface area (Å²) < 4.78 is 5.69.